The van der Waals surface area contributed by atoms with Gasteiger partial charge in [0.25, 0.3) is 11.5 Å². The van der Waals surface area contributed by atoms with E-state index in [0.29, 0.717) is 16.3 Å². The molecule has 2 heterocycles. The summed E-state index contributed by atoms with van der Waals surface area (Å²) in [5.41, 5.74) is 2.50. The molecule has 0 aromatic carbocycles. The van der Waals surface area contributed by atoms with Crippen LogP contribution < -0.4 is 10.9 Å². The van der Waals surface area contributed by atoms with E-state index < -0.39 is 0 Å². The number of carbonyl (C=O) groups is 1. The van der Waals surface area contributed by atoms with Crippen molar-refractivity contribution in [3.8, 4) is 0 Å². The molecular formula is C14H16ClN3O2. The highest BCUT2D eigenvalue weighted by Crippen LogP contribution is 2.12. The van der Waals surface area contributed by atoms with Crippen LogP contribution in [0.5, 0.6) is 0 Å². The SMILES string of the molecule is Cc1cc(C)c(CNC(=O)c2cc(Cl)cn2C)c(=O)[nH]1. The third kappa shape index (κ3) is 2.93. The first-order valence-corrected chi connectivity index (χ1v) is 6.55. The zero-order chi connectivity index (χ0) is 14.9. The Labute approximate surface area is 121 Å². The van der Waals surface area contributed by atoms with E-state index in [-0.39, 0.29) is 18.0 Å². The maximum absolute atomic E-state index is 12.0. The molecule has 106 valence electrons. The van der Waals surface area contributed by atoms with Gasteiger partial charge >= 0.3 is 0 Å². The number of aryl methyl sites for hydroxylation is 3. The predicted molar refractivity (Wildman–Crippen MR) is 78.1 cm³/mol. The lowest BCUT2D eigenvalue weighted by Gasteiger charge is -2.08. The molecule has 0 saturated heterocycles. The van der Waals surface area contributed by atoms with Crippen LogP contribution in [0, 0.1) is 13.8 Å². The molecule has 20 heavy (non-hydrogen) atoms. The van der Waals surface area contributed by atoms with Crippen molar-refractivity contribution in [2.24, 2.45) is 7.05 Å². The van der Waals surface area contributed by atoms with Gasteiger partial charge in [-0.3, -0.25) is 9.59 Å². The Morgan fingerprint density at radius 3 is 2.65 bits per heavy atom. The lowest BCUT2D eigenvalue weighted by atomic mass is 10.1. The molecule has 0 bridgehead atoms. The van der Waals surface area contributed by atoms with Crippen molar-refractivity contribution in [3.05, 3.63) is 56.2 Å². The number of rotatable bonds is 3. The van der Waals surface area contributed by atoms with Crippen LogP contribution in [-0.2, 0) is 13.6 Å². The second kappa shape index (κ2) is 5.54. The number of nitrogens with one attached hydrogen (secondary N) is 2. The summed E-state index contributed by atoms with van der Waals surface area (Å²) < 4.78 is 1.64. The number of hydrogen-bond donors (Lipinski definition) is 2. The number of halogens is 1. The van der Waals surface area contributed by atoms with Gasteiger partial charge in [0, 0.05) is 31.0 Å². The summed E-state index contributed by atoms with van der Waals surface area (Å²) in [5.74, 6) is -0.265. The maximum Gasteiger partial charge on any atom is 0.268 e. The fourth-order valence-electron chi connectivity index (χ4n) is 2.11. The van der Waals surface area contributed by atoms with Crippen LogP contribution in [0.4, 0.5) is 0 Å². The summed E-state index contributed by atoms with van der Waals surface area (Å²) in [4.78, 5) is 26.6. The normalized spacial score (nSPS) is 10.6. The van der Waals surface area contributed by atoms with Crippen LogP contribution in [0.15, 0.2) is 23.1 Å². The van der Waals surface area contributed by atoms with Crippen molar-refractivity contribution in [3.63, 3.8) is 0 Å². The zero-order valence-corrected chi connectivity index (χ0v) is 12.3. The lowest BCUT2D eigenvalue weighted by molar-refractivity contribution is 0.0942. The van der Waals surface area contributed by atoms with Gasteiger partial charge < -0.3 is 14.9 Å². The van der Waals surface area contributed by atoms with Gasteiger partial charge in [0.2, 0.25) is 0 Å². The fourth-order valence-corrected chi connectivity index (χ4v) is 2.36. The van der Waals surface area contributed by atoms with E-state index in [9.17, 15) is 9.59 Å². The molecule has 0 fully saturated rings. The van der Waals surface area contributed by atoms with E-state index >= 15 is 0 Å². The standard InChI is InChI=1S/C14H16ClN3O2/c1-8-4-9(2)17-13(19)11(8)6-16-14(20)12-5-10(15)7-18(12)3/h4-5,7H,6H2,1-3H3,(H,16,20)(H,17,19). The molecule has 6 heteroatoms. The van der Waals surface area contributed by atoms with E-state index in [4.69, 9.17) is 11.6 Å². The van der Waals surface area contributed by atoms with Crippen LogP contribution in [0.25, 0.3) is 0 Å². The fraction of sp³-hybridized carbons (Fsp3) is 0.286. The predicted octanol–water partition coefficient (Wildman–Crippen LogP) is 1.91. The van der Waals surface area contributed by atoms with Crippen molar-refractivity contribution in [2.75, 3.05) is 0 Å². The van der Waals surface area contributed by atoms with Crippen molar-refractivity contribution < 1.29 is 4.79 Å². The van der Waals surface area contributed by atoms with Gasteiger partial charge in [0.15, 0.2) is 0 Å². The van der Waals surface area contributed by atoms with Gasteiger partial charge in [0.1, 0.15) is 5.69 Å². The monoisotopic (exact) mass is 293 g/mol. The van der Waals surface area contributed by atoms with E-state index in [1.165, 1.54) is 0 Å². The van der Waals surface area contributed by atoms with Gasteiger partial charge in [-0.25, -0.2) is 0 Å². The van der Waals surface area contributed by atoms with Crippen LogP contribution in [-0.4, -0.2) is 15.5 Å². The summed E-state index contributed by atoms with van der Waals surface area (Å²) in [5, 5.41) is 3.23. The van der Waals surface area contributed by atoms with E-state index in [2.05, 4.69) is 10.3 Å². The van der Waals surface area contributed by atoms with Crippen molar-refractivity contribution in [1.29, 1.82) is 0 Å². The first kappa shape index (κ1) is 14.4. The van der Waals surface area contributed by atoms with Crippen molar-refractivity contribution >= 4 is 17.5 Å². The number of hydrogen-bond acceptors (Lipinski definition) is 2. The third-order valence-corrected chi connectivity index (χ3v) is 3.33. The van der Waals surface area contributed by atoms with Gasteiger partial charge in [-0.15, -0.1) is 0 Å². The first-order valence-electron chi connectivity index (χ1n) is 6.18. The minimum atomic E-state index is -0.265. The molecule has 5 nitrogen and oxygen atoms in total. The second-order valence-corrected chi connectivity index (χ2v) is 5.22. The molecule has 2 rings (SSSR count). The Hall–Kier alpha value is -2.01. The zero-order valence-electron chi connectivity index (χ0n) is 11.6. The maximum atomic E-state index is 12.0. The smallest absolute Gasteiger partial charge is 0.268 e. The highest BCUT2D eigenvalue weighted by molar-refractivity contribution is 6.31. The average Bonchev–Trinajstić information content (AvgIpc) is 2.66. The molecule has 2 aromatic rings. The molecule has 0 aliphatic rings. The molecule has 0 radical (unpaired) electrons. The molecule has 0 aliphatic carbocycles. The van der Waals surface area contributed by atoms with Gasteiger partial charge in [0.05, 0.1) is 5.02 Å². The highest BCUT2D eigenvalue weighted by atomic mass is 35.5. The summed E-state index contributed by atoms with van der Waals surface area (Å²) in [7, 11) is 1.74. The van der Waals surface area contributed by atoms with Crippen molar-refractivity contribution in [2.45, 2.75) is 20.4 Å². The molecule has 2 aromatic heterocycles. The van der Waals surface area contributed by atoms with Crippen LogP contribution in [0.3, 0.4) is 0 Å². The first-order chi connectivity index (χ1) is 9.38. The largest absolute Gasteiger partial charge is 0.346 e. The number of pyridine rings is 1. The second-order valence-electron chi connectivity index (χ2n) is 4.78. The Morgan fingerprint density at radius 2 is 2.10 bits per heavy atom. The molecule has 0 aliphatic heterocycles. The molecular weight excluding hydrogens is 278 g/mol. The lowest BCUT2D eigenvalue weighted by Crippen LogP contribution is -2.29. The third-order valence-electron chi connectivity index (χ3n) is 3.12. The quantitative estimate of drug-likeness (QED) is 0.908. The van der Waals surface area contributed by atoms with Crippen LogP contribution >= 0.6 is 11.6 Å². The number of aromatic amines is 1. The van der Waals surface area contributed by atoms with Crippen LogP contribution in [0.1, 0.15) is 27.3 Å². The molecule has 0 unspecified atom stereocenters. The van der Waals surface area contributed by atoms with Crippen molar-refractivity contribution in [1.82, 2.24) is 14.9 Å². The Morgan fingerprint density at radius 1 is 1.40 bits per heavy atom. The van der Waals surface area contributed by atoms with E-state index in [0.717, 1.165) is 11.3 Å². The highest BCUT2D eigenvalue weighted by Gasteiger charge is 2.12. The Bertz CT molecular complexity index is 716. The minimum Gasteiger partial charge on any atom is -0.346 e. The van der Waals surface area contributed by atoms with E-state index in [1.54, 1.807) is 23.9 Å². The van der Waals surface area contributed by atoms with Gasteiger partial charge in [-0.2, -0.15) is 0 Å². The Balaban J connectivity index is 2.15. The minimum absolute atomic E-state index is 0.173. The summed E-state index contributed by atoms with van der Waals surface area (Å²) in [6.07, 6.45) is 1.65. The number of nitrogens with zero attached hydrogens (tertiary/aromatic N) is 1. The number of H-pyrrole nitrogens is 1. The molecule has 1 amide bonds. The Kier molecular flexibility index (Phi) is 3.99. The number of amides is 1. The molecule has 2 N–H and O–H groups in total. The number of carbonyl (C=O) groups excluding carboxylic acids is 1. The molecule has 0 atom stereocenters. The molecule has 0 spiro atoms. The van der Waals surface area contributed by atoms with Gasteiger partial charge in [-0.05, 0) is 31.5 Å². The van der Waals surface area contributed by atoms with Crippen LogP contribution in [0.2, 0.25) is 5.02 Å². The molecule has 0 saturated carbocycles. The van der Waals surface area contributed by atoms with Gasteiger partial charge in [-0.1, -0.05) is 11.6 Å². The summed E-state index contributed by atoms with van der Waals surface area (Å²) in [6, 6.07) is 3.46. The topological polar surface area (TPSA) is 66.9 Å². The average molecular weight is 294 g/mol. The summed E-state index contributed by atoms with van der Waals surface area (Å²) in [6.45, 7) is 3.86. The van der Waals surface area contributed by atoms with E-state index in [1.807, 2.05) is 19.9 Å². The summed E-state index contributed by atoms with van der Waals surface area (Å²) >= 11 is 5.84. The number of aromatic nitrogens is 2.